The summed E-state index contributed by atoms with van der Waals surface area (Å²) >= 11 is 6.74. The molecule has 0 radical (unpaired) electrons. The first-order chi connectivity index (χ1) is 18.8. The van der Waals surface area contributed by atoms with E-state index in [1.54, 1.807) is 24.4 Å². The minimum atomic E-state index is -1.49. The molecular weight excluding hydrogens is 501 g/mol. The van der Waals surface area contributed by atoms with Gasteiger partial charge in [0.25, 0.3) is 0 Å². The van der Waals surface area contributed by atoms with Crippen LogP contribution in [-0.4, -0.2) is 22.6 Å². The van der Waals surface area contributed by atoms with Gasteiger partial charge in [-0.1, -0.05) is 37.1 Å². The van der Waals surface area contributed by atoms with Gasteiger partial charge in [-0.05, 0) is 67.3 Å². The van der Waals surface area contributed by atoms with Gasteiger partial charge in [0.2, 0.25) is 0 Å². The first kappa shape index (κ1) is 23.6. The van der Waals surface area contributed by atoms with Gasteiger partial charge in [-0.25, -0.2) is 4.39 Å². The van der Waals surface area contributed by atoms with Crippen LogP contribution in [0.2, 0.25) is 5.02 Å². The van der Waals surface area contributed by atoms with Crippen LogP contribution in [0.5, 0.6) is 0 Å². The van der Waals surface area contributed by atoms with Crippen molar-refractivity contribution in [1.82, 2.24) is 21.0 Å². The number of nitrogens with one attached hydrogen (secondary N) is 4. The normalized spacial score (nSPS) is 20.0. The van der Waals surface area contributed by atoms with Crippen LogP contribution in [0.15, 0.2) is 54.5 Å². The zero-order chi connectivity index (χ0) is 27.2. The van der Waals surface area contributed by atoms with E-state index in [0.717, 1.165) is 25.8 Å². The molecule has 4 N–H and O–H groups in total. The maximum atomic E-state index is 13.8. The van der Waals surface area contributed by atoms with Gasteiger partial charge in [-0.3, -0.25) is 9.99 Å². The molecule has 2 aromatic carbocycles. The molecule has 0 spiro atoms. The second-order valence-electron chi connectivity index (χ2n) is 10.5. The van der Waals surface area contributed by atoms with E-state index < -0.39 is 6.02 Å². The van der Waals surface area contributed by atoms with Crippen LogP contribution in [-0.2, 0) is 0 Å². The Hall–Kier alpha value is -3.54. The van der Waals surface area contributed by atoms with E-state index in [-0.39, 0.29) is 11.2 Å². The number of nitrogens with zero attached hydrogens (tertiary/aromatic N) is 3. The maximum absolute atomic E-state index is 13.8. The van der Waals surface area contributed by atoms with Crippen LogP contribution in [0.3, 0.4) is 0 Å². The lowest BCUT2D eigenvalue weighted by Gasteiger charge is -2.41. The second kappa shape index (κ2) is 9.97. The Bertz CT molecular complexity index is 1470. The van der Waals surface area contributed by atoms with Crippen LogP contribution >= 0.6 is 11.6 Å². The molecule has 6 rings (SSSR count). The van der Waals surface area contributed by atoms with Gasteiger partial charge < -0.3 is 16.1 Å². The average molecular weight is 533 g/mol. The molecule has 0 amide bonds. The first-order valence-electron chi connectivity index (χ1n) is 13.7. The molecule has 1 atom stereocenters. The number of rotatable bonds is 9. The number of halogens is 2. The summed E-state index contributed by atoms with van der Waals surface area (Å²) in [4.78, 5) is 4.48. The van der Waals surface area contributed by atoms with Crippen LogP contribution in [0.1, 0.15) is 64.0 Å². The summed E-state index contributed by atoms with van der Waals surface area (Å²) in [5.74, 6) is -0.372. The Kier molecular flexibility index (Phi) is 6.18. The standard InChI is InChI=1S/C29H31ClFN7/c1-2-29(10-3-11-29)17-34-26-19(14-32)15-33-28-23(26)12-21(13-24(28)30)35-27(18-4-6-20(31)7-5-18)25-16-38(37-36-25)22-8-9-22/h4-7,12-13,15-16,22,27,35-37H,2-3,8-11,17H2,1H3,(H,33,34)/t27-/m1/s1/i27D. The lowest BCUT2D eigenvalue weighted by Crippen LogP contribution is -2.38. The van der Waals surface area contributed by atoms with E-state index in [9.17, 15) is 11.0 Å². The molecule has 3 aromatic rings. The predicted molar refractivity (Wildman–Crippen MR) is 149 cm³/mol. The minimum Gasteiger partial charge on any atom is -0.383 e. The molecular formula is C29H31ClFN7. The third kappa shape index (κ3) is 4.72. The highest BCUT2D eigenvalue weighted by Crippen LogP contribution is 2.44. The smallest absolute Gasteiger partial charge is 0.123 e. The maximum Gasteiger partial charge on any atom is 0.123 e. The Morgan fingerprint density at radius 1 is 1.32 bits per heavy atom. The van der Waals surface area contributed by atoms with Crippen LogP contribution < -0.4 is 21.6 Å². The minimum absolute atomic E-state index is 0.238. The van der Waals surface area contributed by atoms with Gasteiger partial charge in [-0.2, -0.15) is 5.26 Å². The number of hydrazine groups is 2. The Labute approximate surface area is 228 Å². The Morgan fingerprint density at radius 2 is 2.11 bits per heavy atom. The highest BCUT2D eigenvalue weighted by Gasteiger charge is 2.35. The molecule has 2 fully saturated rings. The molecule has 0 saturated heterocycles. The van der Waals surface area contributed by atoms with Crippen molar-refractivity contribution in [2.45, 2.75) is 57.5 Å². The zero-order valence-corrected chi connectivity index (χ0v) is 22.0. The number of anilines is 2. The van der Waals surface area contributed by atoms with Crippen molar-refractivity contribution < 1.29 is 5.76 Å². The largest absolute Gasteiger partial charge is 0.383 e. The number of benzene rings is 2. The van der Waals surface area contributed by atoms with Crippen LogP contribution in [0.4, 0.5) is 15.8 Å². The summed E-state index contributed by atoms with van der Waals surface area (Å²) in [6.45, 7) is 2.98. The fourth-order valence-corrected chi connectivity index (χ4v) is 5.54. The van der Waals surface area contributed by atoms with E-state index in [4.69, 9.17) is 11.6 Å². The fourth-order valence-electron chi connectivity index (χ4n) is 5.28. The highest BCUT2D eigenvalue weighted by atomic mass is 35.5. The summed E-state index contributed by atoms with van der Waals surface area (Å²) in [6, 6.07) is 10.7. The quantitative estimate of drug-likeness (QED) is 0.254. The number of aromatic nitrogens is 1. The molecule has 1 aromatic heterocycles. The zero-order valence-electron chi connectivity index (χ0n) is 22.2. The number of hydrogen-bond donors (Lipinski definition) is 4. The summed E-state index contributed by atoms with van der Waals surface area (Å²) in [5.41, 5.74) is 9.92. The van der Waals surface area contributed by atoms with Gasteiger partial charge in [0, 0.05) is 36.1 Å². The van der Waals surface area contributed by atoms with E-state index >= 15 is 0 Å². The lowest BCUT2D eigenvalue weighted by atomic mass is 9.67. The van der Waals surface area contributed by atoms with E-state index in [2.05, 4.69) is 39.6 Å². The highest BCUT2D eigenvalue weighted by molar-refractivity contribution is 6.35. The molecule has 3 aliphatic rings. The summed E-state index contributed by atoms with van der Waals surface area (Å²) < 4.78 is 23.4. The van der Waals surface area contributed by atoms with Crippen molar-refractivity contribution in [2.75, 3.05) is 17.2 Å². The Morgan fingerprint density at radius 3 is 2.76 bits per heavy atom. The van der Waals surface area contributed by atoms with Gasteiger partial charge >= 0.3 is 0 Å². The van der Waals surface area contributed by atoms with Crippen molar-refractivity contribution in [1.29, 1.82) is 5.26 Å². The molecule has 196 valence electrons. The van der Waals surface area contributed by atoms with E-state index in [0.29, 0.717) is 50.2 Å². The number of pyridine rings is 1. The van der Waals surface area contributed by atoms with Gasteiger partial charge in [0.1, 0.15) is 11.9 Å². The van der Waals surface area contributed by atoms with E-state index in [1.165, 1.54) is 31.4 Å². The SMILES string of the molecule is [2H][C@](Nc1cc(Cl)c2ncc(C#N)c(NCC3(CC)CCC3)c2c1)(C1=CN(C2CC2)NN1)c1ccc(F)cc1. The van der Waals surface area contributed by atoms with Gasteiger partial charge in [0.15, 0.2) is 0 Å². The lowest BCUT2D eigenvalue weighted by molar-refractivity contribution is 0.145. The number of hydrogen-bond acceptors (Lipinski definition) is 7. The Balaban J connectivity index is 1.41. The monoisotopic (exact) mass is 532 g/mol. The molecule has 0 unspecified atom stereocenters. The topological polar surface area (TPSA) is 88.0 Å². The van der Waals surface area contributed by atoms with Crippen molar-refractivity contribution >= 4 is 33.9 Å². The van der Waals surface area contributed by atoms with E-state index in [1.807, 2.05) is 17.3 Å². The molecule has 2 heterocycles. The number of fused-ring (bicyclic) bond motifs is 1. The van der Waals surface area contributed by atoms with Crippen molar-refractivity contribution in [2.24, 2.45) is 5.41 Å². The van der Waals surface area contributed by atoms with Crippen molar-refractivity contribution in [3.63, 3.8) is 0 Å². The summed E-state index contributed by atoms with van der Waals surface area (Å²) in [6.07, 6.45) is 10.2. The third-order valence-corrected chi connectivity index (χ3v) is 8.34. The molecule has 0 bridgehead atoms. The van der Waals surface area contributed by atoms with Crippen LogP contribution in [0.25, 0.3) is 10.9 Å². The molecule has 2 aliphatic carbocycles. The van der Waals surface area contributed by atoms with Crippen molar-refractivity contribution in [3.05, 3.63) is 76.5 Å². The van der Waals surface area contributed by atoms with Crippen LogP contribution in [0, 0.1) is 22.6 Å². The molecule has 2 saturated carbocycles. The van der Waals surface area contributed by atoms with Gasteiger partial charge in [-0.15, -0.1) is 5.53 Å². The number of nitriles is 1. The average Bonchev–Trinajstić information content (AvgIpc) is 3.64. The second-order valence-corrected chi connectivity index (χ2v) is 10.9. The summed E-state index contributed by atoms with van der Waals surface area (Å²) in [5, 5.41) is 19.9. The van der Waals surface area contributed by atoms with Gasteiger partial charge in [0.05, 0.1) is 34.9 Å². The molecule has 9 heteroatoms. The first-order valence-corrected chi connectivity index (χ1v) is 13.5. The van der Waals surface area contributed by atoms with Crippen molar-refractivity contribution in [3.8, 4) is 6.07 Å². The molecule has 38 heavy (non-hydrogen) atoms. The molecule has 7 nitrogen and oxygen atoms in total. The summed E-state index contributed by atoms with van der Waals surface area (Å²) in [7, 11) is 0. The molecule has 1 aliphatic heterocycles. The fraction of sp³-hybridized carbons (Fsp3) is 0.379. The third-order valence-electron chi connectivity index (χ3n) is 8.05. The predicted octanol–water partition coefficient (Wildman–Crippen LogP) is 6.37.